The van der Waals surface area contributed by atoms with Gasteiger partial charge in [0.2, 0.25) is 0 Å². The minimum atomic E-state index is 0.462. The molecule has 0 aliphatic heterocycles. The molecule has 0 aromatic carbocycles. The van der Waals surface area contributed by atoms with E-state index in [9.17, 15) is 0 Å². The highest BCUT2D eigenvalue weighted by molar-refractivity contribution is 4.82. The highest BCUT2D eigenvalue weighted by Crippen LogP contribution is 2.36. The maximum atomic E-state index is 6.37. The lowest BCUT2D eigenvalue weighted by Crippen LogP contribution is -2.38. The van der Waals surface area contributed by atoms with Gasteiger partial charge in [-0.1, -0.05) is 54.4 Å². The number of nitrogens with zero attached hydrogens (tertiary/aromatic N) is 1. The highest BCUT2D eigenvalue weighted by atomic mass is 16.5. The Bertz CT molecular complexity index is 387. The first kappa shape index (κ1) is 24.2. The van der Waals surface area contributed by atoms with Gasteiger partial charge in [0.05, 0.1) is 25.4 Å². The summed E-state index contributed by atoms with van der Waals surface area (Å²) in [5.74, 6) is 4.58. The second-order valence-corrected chi connectivity index (χ2v) is 10.8. The van der Waals surface area contributed by atoms with Crippen LogP contribution >= 0.6 is 0 Å². The smallest absolute Gasteiger partial charge is 0.0608 e. The van der Waals surface area contributed by atoms with Crippen molar-refractivity contribution in [3.05, 3.63) is 0 Å². The van der Waals surface area contributed by atoms with E-state index in [4.69, 9.17) is 9.47 Å². The molecular weight excluding hydrogens is 346 g/mol. The van der Waals surface area contributed by atoms with Crippen LogP contribution in [0.3, 0.4) is 0 Å². The summed E-state index contributed by atoms with van der Waals surface area (Å²) < 4.78 is 12.7. The predicted molar refractivity (Wildman–Crippen MR) is 120 cm³/mol. The highest BCUT2D eigenvalue weighted by Gasteiger charge is 2.32. The van der Waals surface area contributed by atoms with Crippen LogP contribution < -0.4 is 0 Å². The molecule has 6 atom stereocenters. The minimum Gasteiger partial charge on any atom is -0.377 e. The zero-order chi connectivity index (χ0) is 20.7. The lowest BCUT2D eigenvalue weighted by atomic mass is 9.75. The molecule has 3 heteroatoms. The average Bonchev–Trinajstić information content (AvgIpc) is 2.61. The zero-order valence-electron chi connectivity index (χ0n) is 20.0. The van der Waals surface area contributed by atoms with Gasteiger partial charge in [0, 0.05) is 13.1 Å². The molecule has 6 unspecified atom stereocenters. The monoisotopic (exact) mass is 395 g/mol. The van der Waals surface area contributed by atoms with Crippen molar-refractivity contribution in [1.29, 1.82) is 0 Å². The molecule has 28 heavy (non-hydrogen) atoms. The molecule has 3 nitrogen and oxygen atoms in total. The summed E-state index contributed by atoms with van der Waals surface area (Å²) in [6, 6.07) is 0. The first-order valence-corrected chi connectivity index (χ1v) is 12.2. The summed E-state index contributed by atoms with van der Waals surface area (Å²) in [4.78, 5) is 2.38. The van der Waals surface area contributed by atoms with E-state index in [2.05, 4.69) is 53.5 Å². The number of rotatable bonds is 10. The number of likely N-dealkylation sites (N-methyl/N-ethyl adjacent to an activating group) is 1. The van der Waals surface area contributed by atoms with E-state index in [0.29, 0.717) is 12.2 Å². The van der Waals surface area contributed by atoms with Crippen molar-refractivity contribution in [2.45, 2.75) is 92.3 Å². The van der Waals surface area contributed by atoms with Gasteiger partial charge in [0.25, 0.3) is 0 Å². The Labute approximate surface area is 175 Å². The van der Waals surface area contributed by atoms with Gasteiger partial charge in [0.1, 0.15) is 0 Å². The Morgan fingerprint density at radius 1 is 0.714 bits per heavy atom. The molecule has 2 aliphatic carbocycles. The standard InChI is InChI=1S/C25H49NO2/c1-18(2)22-10-8-20(5)16-24(22)27-14-12-26(7)13-15-28-25-17-21(6)9-11-23(25)19(3)4/h18-25H,8-17H2,1-7H3. The second-order valence-electron chi connectivity index (χ2n) is 10.8. The van der Waals surface area contributed by atoms with Crippen molar-refractivity contribution in [1.82, 2.24) is 4.90 Å². The van der Waals surface area contributed by atoms with Crippen molar-refractivity contribution in [2.75, 3.05) is 33.4 Å². The van der Waals surface area contributed by atoms with Crippen LogP contribution in [0.4, 0.5) is 0 Å². The Hall–Kier alpha value is -0.120. The molecule has 2 fully saturated rings. The van der Waals surface area contributed by atoms with Gasteiger partial charge < -0.3 is 14.4 Å². The van der Waals surface area contributed by atoms with Crippen LogP contribution in [0.25, 0.3) is 0 Å². The molecule has 0 aromatic heterocycles. The number of ether oxygens (including phenoxy) is 2. The summed E-state index contributed by atoms with van der Waals surface area (Å²) >= 11 is 0. The third-order valence-electron chi connectivity index (χ3n) is 7.53. The molecule has 0 saturated heterocycles. The van der Waals surface area contributed by atoms with E-state index in [-0.39, 0.29) is 0 Å². The van der Waals surface area contributed by atoms with E-state index < -0.39 is 0 Å². The van der Waals surface area contributed by atoms with Crippen LogP contribution in [0, 0.1) is 35.5 Å². The fourth-order valence-corrected chi connectivity index (χ4v) is 5.44. The summed E-state index contributed by atoms with van der Waals surface area (Å²) in [6.07, 6.45) is 8.83. The largest absolute Gasteiger partial charge is 0.377 e. The second kappa shape index (κ2) is 11.9. The molecule has 2 rings (SSSR count). The molecule has 0 amide bonds. The quantitative estimate of drug-likeness (QED) is 0.461. The van der Waals surface area contributed by atoms with Gasteiger partial charge in [-0.15, -0.1) is 0 Å². The summed E-state index contributed by atoms with van der Waals surface area (Å²) in [7, 11) is 2.21. The SMILES string of the molecule is CC1CCC(C(C)C)C(OCCN(C)CCOC2CC(C)CCC2C(C)C)C1. The normalized spacial score (nSPS) is 34.5. The van der Waals surface area contributed by atoms with Crippen molar-refractivity contribution < 1.29 is 9.47 Å². The Kier molecular flexibility index (Phi) is 10.3. The first-order chi connectivity index (χ1) is 13.3. The average molecular weight is 396 g/mol. The fourth-order valence-electron chi connectivity index (χ4n) is 5.44. The zero-order valence-corrected chi connectivity index (χ0v) is 20.0. The maximum Gasteiger partial charge on any atom is 0.0608 e. The molecule has 166 valence electrons. The molecule has 0 aromatic rings. The maximum absolute atomic E-state index is 6.37. The Morgan fingerprint density at radius 3 is 1.46 bits per heavy atom. The molecule has 0 bridgehead atoms. The van der Waals surface area contributed by atoms with E-state index >= 15 is 0 Å². The first-order valence-electron chi connectivity index (χ1n) is 12.2. The minimum absolute atomic E-state index is 0.462. The van der Waals surface area contributed by atoms with Gasteiger partial charge >= 0.3 is 0 Å². The van der Waals surface area contributed by atoms with E-state index in [1.165, 1.54) is 38.5 Å². The van der Waals surface area contributed by atoms with Crippen molar-refractivity contribution >= 4 is 0 Å². The number of hydrogen-bond acceptors (Lipinski definition) is 3. The number of hydrogen-bond donors (Lipinski definition) is 0. The lowest BCUT2D eigenvalue weighted by molar-refractivity contribution is -0.0539. The van der Waals surface area contributed by atoms with Crippen LogP contribution in [0.5, 0.6) is 0 Å². The Balaban J connectivity index is 1.66. The molecule has 0 N–H and O–H groups in total. The van der Waals surface area contributed by atoms with E-state index in [0.717, 1.165) is 61.8 Å². The fraction of sp³-hybridized carbons (Fsp3) is 1.00. The summed E-state index contributed by atoms with van der Waals surface area (Å²) in [5, 5.41) is 0. The molecule has 2 aliphatic rings. The van der Waals surface area contributed by atoms with Crippen LogP contribution in [0.1, 0.15) is 80.1 Å². The van der Waals surface area contributed by atoms with Gasteiger partial charge in [-0.05, 0) is 68.2 Å². The Morgan fingerprint density at radius 2 is 1.11 bits per heavy atom. The van der Waals surface area contributed by atoms with E-state index in [1.807, 2.05) is 0 Å². The van der Waals surface area contributed by atoms with Crippen LogP contribution in [0.15, 0.2) is 0 Å². The summed E-state index contributed by atoms with van der Waals surface area (Å²) in [5.41, 5.74) is 0. The van der Waals surface area contributed by atoms with E-state index in [1.54, 1.807) is 0 Å². The predicted octanol–water partition coefficient (Wildman–Crippen LogP) is 5.87. The topological polar surface area (TPSA) is 21.7 Å². The van der Waals surface area contributed by atoms with Gasteiger partial charge in [-0.3, -0.25) is 0 Å². The molecule has 0 spiro atoms. The van der Waals surface area contributed by atoms with Gasteiger partial charge in [0.15, 0.2) is 0 Å². The molecular formula is C25H49NO2. The third kappa shape index (κ3) is 7.61. The van der Waals surface area contributed by atoms with Crippen molar-refractivity contribution in [3.63, 3.8) is 0 Å². The van der Waals surface area contributed by atoms with Gasteiger partial charge in [-0.2, -0.15) is 0 Å². The summed E-state index contributed by atoms with van der Waals surface area (Å²) in [6.45, 7) is 17.9. The molecule has 0 radical (unpaired) electrons. The van der Waals surface area contributed by atoms with Crippen molar-refractivity contribution in [2.24, 2.45) is 35.5 Å². The molecule has 2 saturated carbocycles. The lowest BCUT2D eigenvalue weighted by Gasteiger charge is -2.38. The molecule has 0 heterocycles. The third-order valence-corrected chi connectivity index (χ3v) is 7.53. The van der Waals surface area contributed by atoms with Crippen LogP contribution in [-0.2, 0) is 9.47 Å². The van der Waals surface area contributed by atoms with Crippen LogP contribution in [-0.4, -0.2) is 50.5 Å². The van der Waals surface area contributed by atoms with Crippen molar-refractivity contribution in [3.8, 4) is 0 Å². The van der Waals surface area contributed by atoms with Gasteiger partial charge in [-0.25, -0.2) is 0 Å². The van der Waals surface area contributed by atoms with Crippen LogP contribution in [0.2, 0.25) is 0 Å².